The number of anilines is 1. The molecule has 118 valence electrons. The van der Waals surface area contributed by atoms with Crippen molar-refractivity contribution in [1.82, 2.24) is 4.90 Å². The molecule has 1 aromatic rings. The van der Waals surface area contributed by atoms with Crippen LogP contribution in [-0.2, 0) is 11.2 Å². The van der Waals surface area contributed by atoms with Gasteiger partial charge in [-0.25, -0.2) is 4.79 Å². The van der Waals surface area contributed by atoms with Gasteiger partial charge in [-0.2, -0.15) is 0 Å². The van der Waals surface area contributed by atoms with Gasteiger partial charge in [0.05, 0.1) is 13.2 Å². The fourth-order valence-electron chi connectivity index (χ4n) is 2.91. The summed E-state index contributed by atoms with van der Waals surface area (Å²) < 4.78 is 5.38. The number of nitrogens with one attached hydrogen (secondary N) is 1. The summed E-state index contributed by atoms with van der Waals surface area (Å²) in [6, 6.07) is 5.21. The summed E-state index contributed by atoms with van der Waals surface area (Å²) in [4.78, 5) is 25.6. The molecule has 1 fully saturated rings. The molecule has 1 aliphatic heterocycles. The lowest BCUT2D eigenvalue weighted by Crippen LogP contribution is -2.39. The fraction of sp³-hybridized carbons (Fsp3) is 0.500. The summed E-state index contributed by atoms with van der Waals surface area (Å²) in [6.07, 6.45) is 1.29. The van der Waals surface area contributed by atoms with Crippen LogP contribution >= 0.6 is 0 Å². The van der Waals surface area contributed by atoms with Gasteiger partial charge in [0.15, 0.2) is 5.78 Å². The highest BCUT2D eigenvalue weighted by Crippen LogP contribution is 2.25. The van der Waals surface area contributed by atoms with Crippen LogP contribution in [0.2, 0.25) is 0 Å². The van der Waals surface area contributed by atoms with Gasteiger partial charge in [0, 0.05) is 43.3 Å². The average Bonchev–Trinajstić information content (AvgIpc) is 2.75. The third kappa shape index (κ3) is 3.13. The first-order valence-corrected chi connectivity index (χ1v) is 7.58. The normalized spacial score (nSPS) is 21.4. The first-order chi connectivity index (χ1) is 10.7. The van der Waals surface area contributed by atoms with Crippen molar-refractivity contribution in [3.63, 3.8) is 0 Å². The maximum absolute atomic E-state index is 12.4. The van der Waals surface area contributed by atoms with Crippen molar-refractivity contribution in [3.05, 3.63) is 29.3 Å². The topological polar surface area (TPSA) is 78.9 Å². The number of urea groups is 1. The van der Waals surface area contributed by atoms with E-state index >= 15 is 0 Å². The monoisotopic (exact) mass is 304 g/mol. The van der Waals surface area contributed by atoms with Gasteiger partial charge in [0.1, 0.15) is 0 Å². The van der Waals surface area contributed by atoms with E-state index in [1.165, 1.54) is 0 Å². The number of amides is 2. The Morgan fingerprint density at radius 2 is 2.27 bits per heavy atom. The van der Waals surface area contributed by atoms with Crippen molar-refractivity contribution in [2.75, 3.05) is 38.2 Å². The average molecular weight is 304 g/mol. The smallest absolute Gasteiger partial charge is 0.321 e. The van der Waals surface area contributed by atoms with Crippen LogP contribution in [0, 0.1) is 5.92 Å². The van der Waals surface area contributed by atoms with Gasteiger partial charge in [0.25, 0.3) is 0 Å². The summed E-state index contributed by atoms with van der Waals surface area (Å²) in [7, 11) is 0. The van der Waals surface area contributed by atoms with Gasteiger partial charge in [-0.05, 0) is 30.2 Å². The zero-order chi connectivity index (χ0) is 15.5. The Morgan fingerprint density at radius 1 is 1.41 bits per heavy atom. The van der Waals surface area contributed by atoms with E-state index in [1.54, 1.807) is 17.0 Å². The molecule has 1 saturated heterocycles. The molecule has 1 atom stereocenters. The lowest BCUT2D eigenvalue weighted by molar-refractivity contribution is 0.0958. The number of aliphatic hydroxyl groups is 1. The van der Waals surface area contributed by atoms with Crippen LogP contribution in [0.15, 0.2) is 18.2 Å². The van der Waals surface area contributed by atoms with Crippen LogP contribution in [0.4, 0.5) is 10.5 Å². The molecule has 1 aliphatic carbocycles. The molecule has 1 heterocycles. The van der Waals surface area contributed by atoms with Gasteiger partial charge in [0.2, 0.25) is 0 Å². The molecule has 0 unspecified atom stereocenters. The standard InChI is InChI=1S/C16H20N2O4/c19-9-11-8-18(5-6-22-10-11)16(21)17-13-2-3-14-12(7-13)1-4-15(14)20/h2-3,7,11,19H,1,4-6,8-10H2,(H,17,21)/t11-/m0/s1. The molecule has 0 saturated carbocycles. The molecule has 3 rings (SSSR count). The third-order valence-corrected chi connectivity index (χ3v) is 4.16. The van der Waals surface area contributed by atoms with Gasteiger partial charge < -0.3 is 20.1 Å². The van der Waals surface area contributed by atoms with Crippen LogP contribution in [0.3, 0.4) is 0 Å². The van der Waals surface area contributed by atoms with Crippen molar-refractivity contribution < 1.29 is 19.4 Å². The van der Waals surface area contributed by atoms with E-state index < -0.39 is 0 Å². The Balaban J connectivity index is 1.67. The minimum Gasteiger partial charge on any atom is -0.396 e. The molecule has 0 radical (unpaired) electrons. The first-order valence-electron chi connectivity index (χ1n) is 7.58. The quantitative estimate of drug-likeness (QED) is 0.863. The maximum Gasteiger partial charge on any atom is 0.321 e. The Kier molecular flexibility index (Phi) is 4.40. The number of benzene rings is 1. The molecule has 0 bridgehead atoms. The highest BCUT2D eigenvalue weighted by atomic mass is 16.5. The summed E-state index contributed by atoms with van der Waals surface area (Å²) in [6.45, 7) is 1.94. The molecule has 6 heteroatoms. The van der Waals surface area contributed by atoms with Crippen LogP contribution in [0.5, 0.6) is 0 Å². The molecular formula is C16H20N2O4. The van der Waals surface area contributed by atoms with Crippen LogP contribution in [-0.4, -0.2) is 54.7 Å². The van der Waals surface area contributed by atoms with Crippen LogP contribution in [0.1, 0.15) is 22.3 Å². The van der Waals surface area contributed by atoms with E-state index in [-0.39, 0.29) is 24.3 Å². The number of carbonyl (C=O) groups is 2. The Bertz CT molecular complexity index is 588. The molecule has 2 aliphatic rings. The minimum absolute atomic E-state index is 0.00470. The van der Waals surface area contributed by atoms with Gasteiger partial charge in [-0.1, -0.05) is 0 Å². The van der Waals surface area contributed by atoms with E-state index in [2.05, 4.69) is 5.32 Å². The van der Waals surface area contributed by atoms with E-state index in [9.17, 15) is 14.7 Å². The lowest BCUT2D eigenvalue weighted by Gasteiger charge is -2.23. The summed E-state index contributed by atoms with van der Waals surface area (Å²) in [5.41, 5.74) is 2.46. The molecule has 6 nitrogen and oxygen atoms in total. The van der Waals surface area contributed by atoms with Crippen LogP contribution in [0.25, 0.3) is 0 Å². The number of hydrogen-bond acceptors (Lipinski definition) is 4. The van der Waals surface area contributed by atoms with E-state index in [0.29, 0.717) is 38.4 Å². The van der Waals surface area contributed by atoms with Crippen LogP contribution < -0.4 is 5.32 Å². The molecule has 0 spiro atoms. The maximum atomic E-state index is 12.4. The summed E-state index contributed by atoms with van der Waals surface area (Å²) >= 11 is 0. The zero-order valence-corrected chi connectivity index (χ0v) is 12.4. The number of rotatable bonds is 2. The number of ether oxygens (including phenoxy) is 1. The first kappa shape index (κ1) is 15.0. The molecular weight excluding hydrogens is 284 g/mol. The predicted octanol–water partition coefficient (Wildman–Crippen LogP) is 1.29. The number of hydrogen-bond donors (Lipinski definition) is 2. The predicted molar refractivity (Wildman–Crippen MR) is 81.1 cm³/mol. The number of carbonyl (C=O) groups excluding carboxylic acids is 2. The largest absolute Gasteiger partial charge is 0.396 e. The number of fused-ring (bicyclic) bond motifs is 1. The number of ketones is 1. The highest BCUT2D eigenvalue weighted by Gasteiger charge is 2.23. The second-order valence-electron chi connectivity index (χ2n) is 5.79. The summed E-state index contributed by atoms with van der Waals surface area (Å²) in [5, 5.41) is 12.1. The number of aryl methyl sites for hydroxylation is 1. The second kappa shape index (κ2) is 6.46. The van der Waals surface area contributed by atoms with Crippen molar-refractivity contribution in [3.8, 4) is 0 Å². The van der Waals surface area contributed by atoms with Gasteiger partial charge >= 0.3 is 6.03 Å². The third-order valence-electron chi connectivity index (χ3n) is 4.16. The highest BCUT2D eigenvalue weighted by molar-refractivity contribution is 6.01. The Hall–Kier alpha value is -1.92. The van der Waals surface area contributed by atoms with Gasteiger partial charge in [-0.3, -0.25) is 4.79 Å². The molecule has 2 N–H and O–H groups in total. The molecule has 2 amide bonds. The van der Waals surface area contributed by atoms with E-state index in [0.717, 1.165) is 17.5 Å². The number of nitrogens with zero attached hydrogens (tertiary/aromatic N) is 1. The SMILES string of the molecule is O=C1CCc2cc(NC(=O)N3CCOC[C@H](CO)C3)ccc21. The minimum atomic E-state index is -0.201. The zero-order valence-electron chi connectivity index (χ0n) is 12.4. The number of aliphatic hydroxyl groups excluding tert-OH is 1. The second-order valence-corrected chi connectivity index (χ2v) is 5.79. The molecule has 1 aromatic carbocycles. The van der Waals surface area contributed by atoms with E-state index in [4.69, 9.17) is 4.74 Å². The van der Waals surface area contributed by atoms with E-state index in [1.807, 2.05) is 6.07 Å². The molecule has 22 heavy (non-hydrogen) atoms. The molecule has 0 aromatic heterocycles. The lowest BCUT2D eigenvalue weighted by atomic mass is 10.1. The fourth-order valence-corrected chi connectivity index (χ4v) is 2.91. The van der Waals surface area contributed by atoms with Crippen molar-refractivity contribution >= 4 is 17.5 Å². The Labute approximate surface area is 129 Å². The Morgan fingerprint density at radius 3 is 3.09 bits per heavy atom. The van der Waals surface area contributed by atoms with Gasteiger partial charge in [-0.15, -0.1) is 0 Å². The van der Waals surface area contributed by atoms with Crippen molar-refractivity contribution in [2.24, 2.45) is 5.92 Å². The van der Waals surface area contributed by atoms with Crippen molar-refractivity contribution in [2.45, 2.75) is 12.8 Å². The summed E-state index contributed by atoms with van der Waals surface area (Å²) in [5.74, 6) is 0.120. The number of Topliss-reactive ketones (excluding diaryl/α,β-unsaturated/α-hetero) is 1. The van der Waals surface area contributed by atoms with Crippen molar-refractivity contribution in [1.29, 1.82) is 0 Å².